The quantitative estimate of drug-likeness (QED) is 0.569. The topological polar surface area (TPSA) is 75.3 Å². The fourth-order valence-corrected chi connectivity index (χ4v) is 3.11. The molecule has 0 aliphatic rings. The highest BCUT2D eigenvalue weighted by Crippen LogP contribution is 2.11. The number of nitrogens with one attached hydrogen (secondary N) is 2. The van der Waals surface area contributed by atoms with Crippen molar-refractivity contribution >= 4 is 17.5 Å². The van der Waals surface area contributed by atoms with Crippen LogP contribution in [0.25, 0.3) is 0 Å². The van der Waals surface area contributed by atoms with Crippen LogP contribution in [0.2, 0.25) is 0 Å². The Morgan fingerprint density at radius 3 is 2.11 bits per heavy atom. The molecule has 1 amide bonds. The molecule has 0 aliphatic carbocycles. The van der Waals surface area contributed by atoms with Crippen molar-refractivity contribution < 1.29 is 14.4 Å². The summed E-state index contributed by atoms with van der Waals surface area (Å²) in [5.74, 6) is -1.05. The van der Waals surface area contributed by atoms with E-state index in [0.717, 1.165) is 12.0 Å². The van der Waals surface area contributed by atoms with Crippen LogP contribution >= 0.6 is 0 Å². The van der Waals surface area contributed by atoms with Crippen LogP contribution in [0, 0.1) is 5.92 Å². The van der Waals surface area contributed by atoms with Gasteiger partial charge in [0.05, 0.1) is 12.1 Å². The van der Waals surface area contributed by atoms with Gasteiger partial charge in [-0.15, -0.1) is 0 Å². The van der Waals surface area contributed by atoms with E-state index in [2.05, 4.69) is 10.6 Å². The number of rotatable bonds is 11. The Balaban J connectivity index is 2.93. The Bertz CT molecular complexity index is 648. The van der Waals surface area contributed by atoms with Gasteiger partial charge < -0.3 is 10.6 Å². The molecule has 1 aromatic carbocycles. The molecule has 0 bridgehead atoms. The zero-order valence-corrected chi connectivity index (χ0v) is 18.2. The Labute approximate surface area is 169 Å². The van der Waals surface area contributed by atoms with Gasteiger partial charge in [0.15, 0.2) is 5.78 Å². The van der Waals surface area contributed by atoms with E-state index in [-0.39, 0.29) is 17.2 Å². The van der Waals surface area contributed by atoms with Gasteiger partial charge in [0.2, 0.25) is 5.78 Å². The lowest BCUT2D eigenvalue weighted by Crippen LogP contribution is -2.54. The molecule has 2 atom stereocenters. The lowest BCUT2D eigenvalue weighted by molar-refractivity contribution is -0.140. The first-order valence-electron chi connectivity index (χ1n) is 10.2. The van der Waals surface area contributed by atoms with E-state index in [1.807, 2.05) is 71.9 Å². The van der Waals surface area contributed by atoms with Crippen LogP contribution in [0.15, 0.2) is 30.3 Å². The predicted molar refractivity (Wildman–Crippen MR) is 113 cm³/mol. The van der Waals surface area contributed by atoms with Crippen LogP contribution in [0.5, 0.6) is 0 Å². The van der Waals surface area contributed by atoms with Crippen LogP contribution in [0.1, 0.15) is 66.4 Å². The fraction of sp³-hybridized carbons (Fsp3) is 0.609. The highest BCUT2D eigenvalue weighted by Gasteiger charge is 2.31. The van der Waals surface area contributed by atoms with E-state index in [0.29, 0.717) is 19.3 Å². The number of amides is 1. The van der Waals surface area contributed by atoms with Gasteiger partial charge in [-0.2, -0.15) is 0 Å². The average molecular weight is 389 g/mol. The molecule has 2 unspecified atom stereocenters. The van der Waals surface area contributed by atoms with Crippen molar-refractivity contribution in [1.82, 2.24) is 10.6 Å². The highest BCUT2D eigenvalue weighted by molar-refractivity contribution is 6.38. The summed E-state index contributed by atoms with van der Waals surface area (Å²) < 4.78 is 0. The molecule has 2 N–H and O–H groups in total. The summed E-state index contributed by atoms with van der Waals surface area (Å²) in [5, 5.41) is 5.94. The maximum absolute atomic E-state index is 12.8. The number of hydrogen-bond donors (Lipinski definition) is 2. The molecule has 5 heteroatoms. The van der Waals surface area contributed by atoms with Crippen molar-refractivity contribution in [2.24, 2.45) is 5.92 Å². The van der Waals surface area contributed by atoms with Gasteiger partial charge in [0, 0.05) is 12.0 Å². The summed E-state index contributed by atoms with van der Waals surface area (Å²) in [6, 6.07) is 8.30. The SMILES string of the molecule is CCCC(NC(C)(C)C)C(=O)C(=O)NC(Cc1ccccc1)C(=O)CC(C)C. The molecule has 0 saturated carbocycles. The summed E-state index contributed by atoms with van der Waals surface area (Å²) in [7, 11) is 0. The molecule has 5 nitrogen and oxygen atoms in total. The number of carbonyl (C=O) groups excluding carboxylic acids is 3. The zero-order chi connectivity index (χ0) is 21.3. The van der Waals surface area contributed by atoms with Crippen molar-refractivity contribution in [3.05, 3.63) is 35.9 Å². The van der Waals surface area contributed by atoms with Gasteiger partial charge in [-0.05, 0) is 45.1 Å². The van der Waals surface area contributed by atoms with E-state index in [4.69, 9.17) is 0 Å². The lowest BCUT2D eigenvalue weighted by atomic mass is 9.95. The van der Waals surface area contributed by atoms with Crippen LogP contribution in [-0.2, 0) is 20.8 Å². The Morgan fingerprint density at radius 2 is 1.61 bits per heavy atom. The summed E-state index contributed by atoms with van der Waals surface area (Å²) in [4.78, 5) is 38.1. The molecule has 0 fully saturated rings. The van der Waals surface area contributed by atoms with Crippen LogP contribution in [0.3, 0.4) is 0 Å². The molecule has 28 heavy (non-hydrogen) atoms. The Kier molecular flexibility index (Phi) is 9.53. The second kappa shape index (κ2) is 11.1. The third-order valence-electron chi connectivity index (χ3n) is 4.31. The van der Waals surface area contributed by atoms with Crippen molar-refractivity contribution in [3.8, 4) is 0 Å². The fourth-order valence-electron chi connectivity index (χ4n) is 3.11. The van der Waals surface area contributed by atoms with E-state index in [1.54, 1.807) is 0 Å². The van der Waals surface area contributed by atoms with Crippen molar-refractivity contribution in [3.63, 3.8) is 0 Å². The van der Waals surface area contributed by atoms with Gasteiger partial charge >= 0.3 is 0 Å². The Hall–Kier alpha value is -2.01. The lowest BCUT2D eigenvalue weighted by Gasteiger charge is -2.27. The number of hydrogen-bond acceptors (Lipinski definition) is 4. The molecular weight excluding hydrogens is 352 g/mol. The molecule has 1 rings (SSSR count). The number of ketones is 2. The summed E-state index contributed by atoms with van der Waals surface area (Å²) >= 11 is 0. The normalized spacial score (nSPS) is 13.8. The maximum Gasteiger partial charge on any atom is 0.289 e. The molecular formula is C23H36N2O3. The Morgan fingerprint density at radius 1 is 1.00 bits per heavy atom. The second-order valence-corrected chi connectivity index (χ2v) is 8.88. The zero-order valence-electron chi connectivity index (χ0n) is 18.2. The van der Waals surface area contributed by atoms with Crippen molar-refractivity contribution in [2.75, 3.05) is 0 Å². The third kappa shape index (κ3) is 8.79. The monoisotopic (exact) mass is 388 g/mol. The number of carbonyl (C=O) groups is 3. The highest BCUT2D eigenvalue weighted by atomic mass is 16.2. The summed E-state index contributed by atoms with van der Waals surface area (Å²) in [6.07, 6.45) is 2.11. The van der Waals surface area contributed by atoms with Crippen molar-refractivity contribution in [2.45, 2.75) is 84.8 Å². The minimum absolute atomic E-state index is 0.0455. The molecule has 0 aromatic heterocycles. The van der Waals surface area contributed by atoms with Gasteiger partial charge in [0.25, 0.3) is 5.91 Å². The van der Waals surface area contributed by atoms with Gasteiger partial charge in [-0.3, -0.25) is 14.4 Å². The maximum atomic E-state index is 12.8. The van der Waals surface area contributed by atoms with E-state index in [1.165, 1.54) is 0 Å². The van der Waals surface area contributed by atoms with E-state index >= 15 is 0 Å². The molecule has 0 saturated heterocycles. The molecule has 0 radical (unpaired) electrons. The average Bonchev–Trinajstić information content (AvgIpc) is 2.59. The minimum atomic E-state index is -0.696. The molecule has 0 heterocycles. The van der Waals surface area contributed by atoms with E-state index in [9.17, 15) is 14.4 Å². The first kappa shape index (κ1) is 24.0. The standard InChI is InChI=1S/C23H36N2O3/c1-7-11-18(25-23(4,5)6)21(27)22(28)24-19(20(26)14-16(2)3)15-17-12-9-8-10-13-17/h8-10,12-13,16,18-19,25H,7,11,14-15H2,1-6H3,(H,24,28). The van der Waals surface area contributed by atoms with Gasteiger partial charge in [-0.25, -0.2) is 0 Å². The number of benzene rings is 1. The molecule has 156 valence electrons. The number of Topliss-reactive ketones (excluding diaryl/α,β-unsaturated/α-hetero) is 2. The largest absolute Gasteiger partial charge is 0.339 e. The van der Waals surface area contributed by atoms with Crippen LogP contribution in [-0.4, -0.2) is 35.1 Å². The third-order valence-corrected chi connectivity index (χ3v) is 4.31. The first-order chi connectivity index (χ1) is 13.0. The van der Waals surface area contributed by atoms with Gasteiger partial charge in [-0.1, -0.05) is 57.5 Å². The molecule has 1 aromatic rings. The van der Waals surface area contributed by atoms with Crippen molar-refractivity contribution in [1.29, 1.82) is 0 Å². The van der Waals surface area contributed by atoms with Crippen LogP contribution in [0.4, 0.5) is 0 Å². The molecule has 0 spiro atoms. The molecule has 0 aliphatic heterocycles. The van der Waals surface area contributed by atoms with Crippen LogP contribution < -0.4 is 10.6 Å². The minimum Gasteiger partial charge on any atom is -0.339 e. The second-order valence-electron chi connectivity index (χ2n) is 8.88. The summed E-state index contributed by atoms with van der Waals surface area (Å²) in [5.41, 5.74) is 0.669. The first-order valence-corrected chi connectivity index (χ1v) is 10.2. The summed E-state index contributed by atoms with van der Waals surface area (Å²) in [6.45, 7) is 11.8. The van der Waals surface area contributed by atoms with E-state index < -0.39 is 23.8 Å². The predicted octanol–water partition coefficient (Wildman–Crippen LogP) is 3.46. The van der Waals surface area contributed by atoms with Gasteiger partial charge in [0.1, 0.15) is 0 Å². The smallest absolute Gasteiger partial charge is 0.289 e.